The largest absolute Gasteiger partial charge is 0.494 e. The van der Waals surface area contributed by atoms with E-state index >= 15 is 0 Å². The maximum absolute atomic E-state index is 12.5. The summed E-state index contributed by atoms with van der Waals surface area (Å²) in [5.74, 6) is 1.65. The third kappa shape index (κ3) is 4.59. The van der Waals surface area contributed by atoms with Gasteiger partial charge in [0.2, 0.25) is 0 Å². The van der Waals surface area contributed by atoms with Gasteiger partial charge < -0.3 is 15.0 Å². The summed E-state index contributed by atoms with van der Waals surface area (Å²) >= 11 is 0. The maximum Gasteiger partial charge on any atom is 0.251 e. The first kappa shape index (κ1) is 19.9. The van der Waals surface area contributed by atoms with Crippen molar-refractivity contribution in [2.45, 2.75) is 26.3 Å². The summed E-state index contributed by atoms with van der Waals surface area (Å²) in [6.07, 6.45) is 5.82. The lowest BCUT2D eigenvalue weighted by atomic mass is 10.1. The zero-order valence-electron chi connectivity index (χ0n) is 17.2. The summed E-state index contributed by atoms with van der Waals surface area (Å²) in [5, 5.41) is 2.97. The van der Waals surface area contributed by atoms with E-state index in [-0.39, 0.29) is 5.91 Å². The van der Waals surface area contributed by atoms with E-state index in [2.05, 4.69) is 20.2 Å². The van der Waals surface area contributed by atoms with Crippen LogP contribution in [0.3, 0.4) is 0 Å². The Kier molecular flexibility index (Phi) is 6.23. The van der Waals surface area contributed by atoms with Gasteiger partial charge in [-0.3, -0.25) is 9.78 Å². The highest BCUT2D eigenvalue weighted by Gasteiger charge is 2.19. The Hall–Kier alpha value is -3.41. The number of carbonyl (C=O) groups is 1. The van der Waals surface area contributed by atoms with Crippen LogP contribution in [-0.4, -0.2) is 35.6 Å². The number of amides is 1. The summed E-state index contributed by atoms with van der Waals surface area (Å²) in [6.45, 7) is 5.09. The summed E-state index contributed by atoms with van der Waals surface area (Å²) in [4.78, 5) is 23.9. The van der Waals surface area contributed by atoms with Crippen molar-refractivity contribution in [3.05, 3.63) is 72.1 Å². The highest BCUT2D eigenvalue weighted by Crippen LogP contribution is 2.29. The van der Waals surface area contributed by atoms with Gasteiger partial charge in [-0.15, -0.1) is 0 Å². The molecule has 1 aromatic heterocycles. The number of nitrogens with one attached hydrogen (secondary N) is 1. The molecule has 0 bridgehead atoms. The van der Waals surface area contributed by atoms with Crippen molar-refractivity contribution in [2.75, 3.05) is 24.6 Å². The number of rotatable bonds is 7. The molecule has 0 spiro atoms. The van der Waals surface area contributed by atoms with Crippen LogP contribution in [0.2, 0.25) is 0 Å². The Morgan fingerprint density at radius 3 is 2.40 bits per heavy atom. The van der Waals surface area contributed by atoms with Crippen LogP contribution in [0.4, 0.5) is 5.82 Å². The molecule has 6 heteroatoms. The number of anilines is 1. The second kappa shape index (κ2) is 9.39. The molecule has 2 heterocycles. The topological polar surface area (TPSA) is 67.3 Å². The lowest BCUT2D eigenvalue weighted by Gasteiger charge is -2.19. The van der Waals surface area contributed by atoms with E-state index in [0.717, 1.165) is 41.5 Å². The second-order valence-electron chi connectivity index (χ2n) is 7.26. The highest BCUT2D eigenvalue weighted by atomic mass is 16.5. The van der Waals surface area contributed by atoms with Gasteiger partial charge in [-0.1, -0.05) is 24.3 Å². The molecule has 4 rings (SSSR count). The van der Waals surface area contributed by atoms with Crippen LogP contribution in [0.1, 0.15) is 35.7 Å². The predicted octanol–water partition coefficient (Wildman–Crippen LogP) is 4.07. The summed E-state index contributed by atoms with van der Waals surface area (Å²) < 4.78 is 5.44. The molecule has 0 aliphatic carbocycles. The number of benzene rings is 2. The lowest BCUT2D eigenvalue weighted by Crippen LogP contribution is -2.22. The molecule has 154 valence electrons. The van der Waals surface area contributed by atoms with E-state index in [4.69, 9.17) is 4.74 Å². The number of hydrogen-bond donors (Lipinski definition) is 1. The minimum Gasteiger partial charge on any atom is -0.494 e. The van der Waals surface area contributed by atoms with Gasteiger partial charge in [-0.05, 0) is 49.6 Å². The number of hydrogen-bond acceptors (Lipinski definition) is 5. The highest BCUT2D eigenvalue weighted by molar-refractivity contribution is 5.94. The molecule has 0 saturated carbocycles. The van der Waals surface area contributed by atoms with Gasteiger partial charge in [0.05, 0.1) is 6.61 Å². The van der Waals surface area contributed by atoms with E-state index in [1.165, 1.54) is 12.8 Å². The molecule has 0 atom stereocenters. The molecule has 2 aromatic carbocycles. The normalized spacial score (nSPS) is 13.3. The van der Waals surface area contributed by atoms with E-state index in [0.29, 0.717) is 18.7 Å². The summed E-state index contributed by atoms with van der Waals surface area (Å²) in [5.41, 5.74) is 3.48. The van der Waals surface area contributed by atoms with Gasteiger partial charge in [-0.2, -0.15) is 0 Å². The van der Waals surface area contributed by atoms with Gasteiger partial charge >= 0.3 is 0 Å². The first-order chi connectivity index (χ1) is 14.7. The maximum atomic E-state index is 12.5. The number of aromatic nitrogens is 2. The van der Waals surface area contributed by atoms with Crippen molar-refractivity contribution in [2.24, 2.45) is 0 Å². The molecule has 1 aliphatic heterocycles. The van der Waals surface area contributed by atoms with Crippen molar-refractivity contribution in [1.82, 2.24) is 15.3 Å². The Balaban J connectivity index is 1.42. The molecule has 1 amide bonds. The Bertz CT molecular complexity index is 981. The van der Waals surface area contributed by atoms with E-state index in [9.17, 15) is 4.79 Å². The molecular formula is C24H26N4O2. The number of carbonyl (C=O) groups excluding carboxylic acids is 1. The first-order valence-electron chi connectivity index (χ1n) is 10.4. The molecule has 1 aliphatic rings. The van der Waals surface area contributed by atoms with Crippen molar-refractivity contribution in [3.8, 4) is 17.0 Å². The van der Waals surface area contributed by atoms with E-state index in [1.807, 2.05) is 55.5 Å². The molecule has 6 nitrogen and oxygen atoms in total. The molecule has 1 N–H and O–H groups in total. The minimum absolute atomic E-state index is 0.102. The number of ether oxygens (including phenoxy) is 1. The number of nitrogens with zero attached hydrogens (tertiary/aromatic N) is 3. The van der Waals surface area contributed by atoms with Crippen molar-refractivity contribution in [3.63, 3.8) is 0 Å². The Labute approximate surface area is 176 Å². The molecule has 1 saturated heterocycles. The monoisotopic (exact) mass is 402 g/mol. The van der Waals surface area contributed by atoms with Crippen molar-refractivity contribution >= 4 is 11.7 Å². The average Bonchev–Trinajstić information content (AvgIpc) is 3.34. The van der Waals surface area contributed by atoms with Crippen LogP contribution in [-0.2, 0) is 6.54 Å². The second-order valence-corrected chi connectivity index (χ2v) is 7.26. The van der Waals surface area contributed by atoms with E-state index in [1.54, 1.807) is 12.4 Å². The molecule has 0 unspecified atom stereocenters. The van der Waals surface area contributed by atoms with Gasteiger partial charge in [0.1, 0.15) is 11.4 Å². The van der Waals surface area contributed by atoms with Crippen LogP contribution in [0.25, 0.3) is 11.3 Å². The minimum atomic E-state index is -0.102. The fourth-order valence-electron chi connectivity index (χ4n) is 3.63. The predicted molar refractivity (Wildman–Crippen MR) is 118 cm³/mol. The third-order valence-electron chi connectivity index (χ3n) is 5.19. The SMILES string of the molecule is CCOc1ccc(CNC(=O)c2ccc(-c3nccnc3N3CCCC3)cc2)cc1. The zero-order chi connectivity index (χ0) is 20.8. The van der Waals surface area contributed by atoms with Crippen molar-refractivity contribution in [1.29, 1.82) is 0 Å². The molecule has 3 aromatic rings. The summed E-state index contributed by atoms with van der Waals surface area (Å²) in [6, 6.07) is 15.3. The molecule has 0 radical (unpaired) electrons. The summed E-state index contributed by atoms with van der Waals surface area (Å²) in [7, 11) is 0. The molecular weight excluding hydrogens is 376 g/mol. The van der Waals surface area contributed by atoms with Gasteiger partial charge in [0.25, 0.3) is 5.91 Å². The van der Waals surface area contributed by atoms with Gasteiger partial charge in [-0.25, -0.2) is 4.98 Å². The Morgan fingerprint density at radius 2 is 1.70 bits per heavy atom. The quantitative estimate of drug-likeness (QED) is 0.645. The fourth-order valence-corrected chi connectivity index (χ4v) is 3.63. The van der Waals surface area contributed by atoms with Crippen LogP contribution >= 0.6 is 0 Å². The Morgan fingerprint density at radius 1 is 1.00 bits per heavy atom. The lowest BCUT2D eigenvalue weighted by molar-refractivity contribution is 0.0951. The van der Waals surface area contributed by atoms with Crippen LogP contribution in [0.5, 0.6) is 5.75 Å². The van der Waals surface area contributed by atoms with Crippen LogP contribution in [0.15, 0.2) is 60.9 Å². The standard InChI is InChI=1S/C24H26N4O2/c1-2-30-21-11-5-18(6-12-21)17-27-24(29)20-9-7-19(8-10-20)22-23(26-14-13-25-22)28-15-3-4-16-28/h5-14H,2-4,15-17H2,1H3,(H,27,29). The molecule has 30 heavy (non-hydrogen) atoms. The average molecular weight is 402 g/mol. The molecule has 1 fully saturated rings. The fraction of sp³-hybridized carbons (Fsp3) is 0.292. The third-order valence-corrected chi connectivity index (χ3v) is 5.19. The van der Waals surface area contributed by atoms with Crippen LogP contribution in [0, 0.1) is 0 Å². The first-order valence-corrected chi connectivity index (χ1v) is 10.4. The van der Waals surface area contributed by atoms with Gasteiger partial charge in [0.15, 0.2) is 5.82 Å². The van der Waals surface area contributed by atoms with E-state index < -0.39 is 0 Å². The zero-order valence-corrected chi connectivity index (χ0v) is 17.2. The van der Waals surface area contributed by atoms with Gasteiger partial charge in [0, 0.05) is 43.2 Å². The van der Waals surface area contributed by atoms with Crippen LogP contribution < -0.4 is 15.0 Å². The van der Waals surface area contributed by atoms with Crippen molar-refractivity contribution < 1.29 is 9.53 Å². The smallest absolute Gasteiger partial charge is 0.251 e.